The van der Waals surface area contributed by atoms with E-state index in [1.165, 1.54) is 7.11 Å². The molecule has 242 valence electrons. The van der Waals surface area contributed by atoms with Gasteiger partial charge >= 0.3 is 12.1 Å². The fraction of sp³-hybridized carbons (Fsp3) is 0.400. The van der Waals surface area contributed by atoms with Gasteiger partial charge in [-0.3, -0.25) is 9.36 Å². The third kappa shape index (κ3) is 12.9. The molecular weight excluding hydrogens is 591 g/mol. The molecule has 3 aromatic carbocycles. The number of esters is 1. The largest absolute Gasteiger partial charge is 0.467 e. The van der Waals surface area contributed by atoms with Crippen LogP contribution in [-0.4, -0.2) is 60.5 Å². The number of carbonyl (C=O) groups is 3. The molecule has 0 radical (unpaired) electrons. The Labute approximate surface area is 266 Å². The molecule has 9 nitrogen and oxygen atoms in total. The third-order valence-corrected chi connectivity index (χ3v) is 9.15. The van der Waals surface area contributed by atoms with Crippen LogP contribution in [0.15, 0.2) is 84.9 Å². The van der Waals surface area contributed by atoms with Crippen LogP contribution in [0, 0.1) is 5.92 Å². The van der Waals surface area contributed by atoms with Gasteiger partial charge in [0, 0.05) is 24.8 Å². The van der Waals surface area contributed by atoms with Gasteiger partial charge in [0.1, 0.15) is 11.6 Å². The lowest BCUT2D eigenvalue weighted by Crippen LogP contribution is -2.47. The summed E-state index contributed by atoms with van der Waals surface area (Å²) in [5, 5.41) is 5.30. The summed E-state index contributed by atoms with van der Waals surface area (Å²) >= 11 is 0. The fourth-order valence-corrected chi connectivity index (χ4v) is 6.67. The molecule has 0 saturated carbocycles. The minimum absolute atomic E-state index is 0.0345. The van der Waals surface area contributed by atoms with Crippen LogP contribution in [0.25, 0.3) is 11.1 Å². The Hall–Kier alpha value is -3.94. The maximum absolute atomic E-state index is 13.6. The Balaban J connectivity index is 1.71. The van der Waals surface area contributed by atoms with Crippen molar-refractivity contribution in [1.82, 2.24) is 10.6 Å². The molecule has 45 heavy (non-hydrogen) atoms. The first kappa shape index (κ1) is 35.5. The summed E-state index contributed by atoms with van der Waals surface area (Å²) in [5.41, 5.74) is 3.39. The molecule has 0 aliphatic heterocycles. The lowest BCUT2D eigenvalue weighted by molar-refractivity contribution is -0.145. The molecule has 3 N–H and O–H groups in total. The number of hydrogen-bond donors (Lipinski definition) is 3. The molecule has 0 fully saturated rings. The van der Waals surface area contributed by atoms with E-state index in [-0.39, 0.29) is 25.3 Å². The average Bonchev–Trinajstić information content (AvgIpc) is 3.01. The van der Waals surface area contributed by atoms with Crippen LogP contribution in [0.2, 0.25) is 0 Å². The molecule has 3 atom stereocenters. The highest BCUT2D eigenvalue weighted by atomic mass is 31.2. The number of nitrogens with one attached hydrogen (secondary N) is 2. The number of carbonyl (C=O) groups excluding carboxylic acids is 3. The second-order valence-electron chi connectivity index (χ2n) is 12.1. The number of amides is 2. The zero-order chi connectivity index (χ0) is 32.9. The number of rotatable bonds is 15. The van der Waals surface area contributed by atoms with Gasteiger partial charge in [-0.2, -0.15) is 0 Å². The van der Waals surface area contributed by atoms with Crippen molar-refractivity contribution in [3.8, 4) is 11.1 Å². The Morgan fingerprint density at radius 1 is 0.822 bits per heavy atom. The van der Waals surface area contributed by atoms with Crippen molar-refractivity contribution in [3.05, 3.63) is 96.1 Å². The van der Waals surface area contributed by atoms with E-state index in [2.05, 4.69) is 10.6 Å². The van der Waals surface area contributed by atoms with Crippen LogP contribution in [0.5, 0.6) is 0 Å². The van der Waals surface area contributed by atoms with E-state index >= 15 is 0 Å². The number of ether oxygens (including phenoxy) is 2. The Kier molecular flexibility index (Phi) is 13.4. The molecule has 0 aromatic heterocycles. The minimum Gasteiger partial charge on any atom is -0.467 e. The van der Waals surface area contributed by atoms with Crippen LogP contribution in [0.4, 0.5) is 4.79 Å². The summed E-state index contributed by atoms with van der Waals surface area (Å²) in [6.45, 7) is 5.26. The second kappa shape index (κ2) is 16.9. The van der Waals surface area contributed by atoms with Gasteiger partial charge in [-0.05, 0) is 68.7 Å². The van der Waals surface area contributed by atoms with Gasteiger partial charge in [-0.1, -0.05) is 84.9 Å². The molecule has 3 rings (SSSR count). The van der Waals surface area contributed by atoms with Gasteiger partial charge in [0.15, 0.2) is 0 Å². The maximum atomic E-state index is 13.6. The average molecular weight is 637 g/mol. The van der Waals surface area contributed by atoms with Gasteiger partial charge in [0.2, 0.25) is 13.3 Å². The highest BCUT2D eigenvalue weighted by molar-refractivity contribution is 7.58. The monoisotopic (exact) mass is 636 g/mol. The van der Waals surface area contributed by atoms with E-state index in [1.807, 2.05) is 84.9 Å². The summed E-state index contributed by atoms with van der Waals surface area (Å²) < 4.78 is 23.5. The quantitative estimate of drug-likeness (QED) is 0.138. The van der Waals surface area contributed by atoms with Crippen molar-refractivity contribution >= 4 is 25.3 Å². The summed E-state index contributed by atoms with van der Waals surface area (Å²) in [4.78, 5) is 49.2. The van der Waals surface area contributed by atoms with Gasteiger partial charge in [-0.25, -0.2) is 9.59 Å². The molecule has 1 unspecified atom stereocenters. The lowest BCUT2D eigenvalue weighted by Gasteiger charge is -2.24. The normalized spacial score (nSPS) is 14.0. The first-order chi connectivity index (χ1) is 21.3. The molecule has 0 heterocycles. The molecule has 0 bridgehead atoms. The van der Waals surface area contributed by atoms with Crippen molar-refractivity contribution in [1.29, 1.82) is 0 Å². The molecule has 2 amide bonds. The van der Waals surface area contributed by atoms with Crippen molar-refractivity contribution < 1.29 is 33.3 Å². The van der Waals surface area contributed by atoms with Crippen molar-refractivity contribution in [3.63, 3.8) is 0 Å². The summed E-state index contributed by atoms with van der Waals surface area (Å²) in [6.07, 6.45) is 0.421. The number of alkyl carbamates (subject to hydrolysis) is 1. The van der Waals surface area contributed by atoms with Gasteiger partial charge in [-0.15, -0.1) is 0 Å². The fourth-order valence-electron chi connectivity index (χ4n) is 4.84. The zero-order valence-corrected chi connectivity index (χ0v) is 27.4. The number of aryl methyl sites for hydroxylation is 2. The zero-order valence-electron chi connectivity index (χ0n) is 26.5. The van der Waals surface area contributed by atoms with E-state index in [0.717, 1.165) is 22.3 Å². The van der Waals surface area contributed by atoms with Gasteiger partial charge in [0.05, 0.1) is 7.11 Å². The van der Waals surface area contributed by atoms with Crippen molar-refractivity contribution in [2.24, 2.45) is 5.92 Å². The summed E-state index contributed by atoms with van der Waals surface area (Å²) in [7, 11) is -2.50. The smallest absolute Gasteiger partial charge is 0.407 e. The highest BCUT2D eigenvalue weighted by Gasteiger charge is 2.32. The molecule has 0 saturated heterocycles. The third-order valence-electron chi connectivity index (χ3n) is 7.22. The summed E-state index contributed by atoms with van der Waals surface area (Å²) in [6, 6.07) is 26.4. The van der Waals surface area contributed by atoms with E-state index < -0.39 is 42.9 Å². The number of benzene rings is 3. The second-order valence-corrected chi connectivity index (χ2v) is 14.6. The Morgan fingerprint density at radius 3 is 2.00 bits per heavy atom. The highest BCUT2D eigenvalue weighted by Crippen LogP contribution is 2.44. The molecule has 3 aromatic rings. The minimum atomic E-state index is -3.72. The first-order valence-electron chi connectivity index (χ1n) is 15.2. The number of hydrogen-bond acceptors (Lipinski definition) is 6. The van der Waals surface area contributed by atoms with E-state index in [9.17, 15) is 23.8 Å². The SMILES string of the molecule is COC(=O)[C@H](CCNC(=O)OC(C)(C)C)NC(=O)[C@@H](CCc1ccc(-c2ccccc2)cc1)CP(=O)(O)CCc1ccccc1. The molecular formula is C35H45N2O7P. The first-order valence-corrected chi connectivity index (χ1v) is 17.2. The molecule has 0 spiro atoms. The van der Waals surface area contributed by atoms with Crippen LogP contribution < -0.4 is 10.6 Å². The molecule has 0 aliphatic carbocycles. The van der Waals surface area contributed by atoms with Crippen LogP contribution in [-0.2, 0) is 36.5 Å². The molecule has 10 heteroatoms. The van der Waals surface area contributed by atoms with Crippen LogP contribution in [0.3, 0.4) is 0 Å². The summed E-state index contributed by atoms with van der Waals surface area (Å²) in [5.74, 6) is -2.03. The van der Waals surface area contributed by atoms with Crippen molar-refractivity contribution in [2.75, 3.05) is 26.0 Å². The predicted octanol–water partition coefficient (Wildman–Crippen LogP) is 5.99. The van der Waals surface area contributed by atoms with Crippen LogP contribution in [0.1, 0.15) is 44.7 Å². The van der Waals surface area contributed by atoms with Crippen LogP contribution >= 0.6 is 7.37 Å². The standard InChI is InChI=1S/C35H45N2O7P/c1-35(2,3)44-34(40)36-23-21-31(33(39)43-4)37-32(38)30(25-45(41,42)24-22-26-11-7-5-8-12-26)20-17-27-15-18-29(19-16-27)28-13-9-6-10-14-28/h5-16,18-19,30-31H,17,20-25H2,1-4H3,(H,36,40)(H,37,38)(H,41,42)/t30-,31-/m0/s1. The lowest BCUT2D eigenvalue weighted by atomic mass is 9.97. The van der Waals surface area contributed by atoms with Crippen molar-refractivity contribution in [2.45, 2.75) is 58.1 Å². The maximum Gasteiger partial charge on any atom is 0.407 e. The Morgan fingerprint density at radius 2 is 1.40 bits per heavy atom. The number of methoxy groups -OCH3 is 1. The van der Waals surface area contributed by atoms with E-state index in [1.54, 1.807) is 20.8 Å². The Bertz CT molecular complexity index is 1420. The van der Waals surface area contributed by atoms with Gasteiger partial charge in [0.25, 0.3) is 0 Å². The van der Waals surface area contributed by atoms with E-state index in [4.69, 9.17) is 9.47 Å². The topological polar surface area (TPSA) is 131 Å². The molecule has 0 aliphatic rings. The predicted molar refractivity (Wildman–Crippen MR) is 176 cm³/mol. The van der Waals surface area contributed by atoms with Gasteiger partial charge < -0.3 is 25.0 Å². The van der Waals surface area contributed by atoms with E-state index in [0.29, 0.717) is 19.3 Å².